The second-order valence-electron chi connectivity index (χ2n) is 5.46. The summed E-state index contributed by atoms with van der Waals surface area (Å²) in [5.41, 5.74) is 0.519. The number of sulfone groups is 1. The highest BCUT2D eigenvalue weighted by molar-refractivity contribution is 7.91. The van der Waals surface area contributed by atoms with Crippen LogP contribution in [-0.2, 0) is 14.6 Å². The van der Waals surface area contributed by atoms with E-state index in [1.165, 1.54) is 36.2 Å². The van der Waals surface area contributed by atoms with Crippen molar-refractivity contribution in [1.82, 2.24) is 4.90 Å². The van der Waals surface area contributed by atoms with Crippen molar-refractivity contribution in [2.75, 3.05) is 18.6 Å². The summed E-state index contributed by atoms with van der Waals surface area (Å²) < 4.78 is 62.8. The molecule has 1 unspecified atom stereocenters. The Balaban J connectivity index is 1.96. The lowest BCUT2D eigenvalue weighted by molar-refractivity contribution is -0.274. The molecule has 9 heteroatoms. The molecule has 0 bridgehead atoms. The van der Waals surface area contributed by atoms with Crippen LogP contribution < -0.4 is 4.74 Å². The third-order valence-electron chi connectivity index (χ3n) is 3.64. The molecule has 5 nitrogen and oxygen atoms in total. The Morgan fingerprint density at radius 3 is 2.42 bits per heavy atom. The highest BCUT2D eigenvalue weighted by Gasteiger charge is 2.32. The summed E-state index contributed by atoms with van der Waals surface area (Å²) >= 11 is 0. The molecule has 0 aromatic heterocycles. The molecule has 1 atom stereocenters. The van der Waals surface area contributed by atoms with Crippen LogP contribution >= 0.6 is 0 Å². The summed E-state index contributed by atoms with van der Waals surface area (Å²) in [6.07, 6.45) is -1.65. The fourth-order valence-electron chi connectivity index (χ4n) is 2.33. The molecule has 1 aromatic rings. The molecule has 0 N–H and O–H groups in total. The molecule has 1 fully saturated rings. The molecule has 1 amide bonds. The van der Waals surface area contributed by atoms with Crippen molar-refractivity contribution in [2.24, 2.45) is 0 Å². The fraction of sp³-hybridized carbons (Fsp3) is 0.400. The normalized spacial score (nSPS) is 20.2. The van der Waals surface area contributed by atoms with E-state index in [1.807, 2.05) is 0 Å². The standard InChI is InChI=1S/C15H16F3NO4S/c1-19(12-8-9-24(21,22)10-12)14(20)7-4-11-2-5-13(6-3-11)23-15(16,17)18/h2-7,12H,8-10H2,1H3/b7-4+. The largest absolute Gasteiger partial charge is 0.573 e. The lowest BCUT2D eigenvalue weighted by Gasteiger charge is -2.21. The van der Waals surface area contributed by atoms with Crippen LogP contribution in [0.2, 0.25) is 0 Å². The number of hydrogen-bond acceptors (Lipinski definition) is 4. The van der Waals surface area contributed by atoms with Crippen LogP contribution in [0, 0.1) is 0 Å². The van der Waals surface area contributed by atoms with E-state index in [2.05, 4.69) is 4.74 Å². The third-order valence-corrected chi connectivity index (χ3v) is 5.39. The van der Waals surface area contributed by atoms with Crippen molar-refractivity contribution in [3.05, 3.63) is 35.9 Å². The summed E-state index contributed by atoms with van der Waals surface area (Å²) in [5, 5.41) is 0. The highest BCUT2D eigenvalue weighted by atomic mass is 32.2. The van der Waals surface area contributed by atoms with Crippen molar-refractivity contribution in [3.63, 3.8) is 0 Å². The number of amides is 1. The summed E-state index contributed by atoms with van der Waals surface area (Å²) in [5.74, 6) is -0.696. The molecular formula is C15H16F3NO4S. The average molecular weight is 363 g/mol. The molecule has 2 rings (SSSR count). The number of ether oxygens (including phenoxy) is 1. The van der Waals surface area contributed by atoms with Crippen molar-refractivity contribution in [1.29, 1.82) is 0 Å². The van der Waals surface area contributed by atoms with E-state index >= 15 is 0 Å². The maximum atomic E-state index is 12.1. The molecule has 1 aromatic carbocycles. The van der Waals surface area contributed by atoms with Crippen LogP contribution in [0.5, 0.6) is 5.75 Å². The van der Waals surface area contributed by atoms with Gasteiger partial charge in [0.25, 0.3) is 0 Å². The molecule has 0 radical (unpaired) electrons. The SMILES string of the molecule is CN(C(=O)/C=C/c1ccc(OC(F)(F)F)cc1)C1CCS(=O)(=O)C1. The lowest BCUT2D eigenvalue weighted by Crippen LogP contribution is -2.36. The van der Waals surface area contributed by atoms with Gasteiger partial charge in [0.15, 0.2) is 9.84 Å². The topological polar surface area (TPSA) is 63.7 Å². The van der Waals surface area contributed by atoms with Gasteiger partial charge in [-0.3, -0.25) is 4.79 Å². The molecule has 0 aliphatic carbocycles. The minimum atomic E-state index is -4.75. The number of rotatable bonds is 4. The number of benzene rings is 1. The van der Waals surface area contributed by atoms with Gasteiger partial charge in [-0.05, 0) is 30.2 Å². The first kappa shape index (κ1) is 18.3. The second kappa shape index (κ2) is 6.84. The molecule has 0 saturated carbocycles. The van der Waals surface area contributed by atoms with Gasteiger partial charge >= 0.3 is 6.36 Å². The number of likely N-dealkylation sites (N-methyl/N-ethyl adjacent to an activating group) is 1. The minimum Gasteiger partial charge on any atom is -0.406 e. The van der Waals surface area contributed by atoms with Crippen LogP contribution in [0.25, 0.3) is 6.08 Å². The Morgan fingerprint density at radius 2 is 1.92 bits per heavy atom. The third kappa shape index (κ3) is 5.26. The number of hydrogen-bond donors (Lipinski definition) is 0. The Kier molecular flexibility index (Phi) is 5.22. The lowest BCUT2D eigenvalue weighted by atomic mass is 10.2. The minimum absolute atomic E-state index is 0.0490. The van der Waals surface area contributed by atoms with Gasteiger partial charge in [-0.1, -0.05) is 12.1 Å². The zero-order chi connectivity index (χ0) is 18.0. The van der Waals surface area contributed by atoms with E-state index in [-0.39, 0.29) is 29.2 Å². The van der Waals surface area contributed by atoms with Crippen LogP contribution in [-0.4, -0.2) is 50.2 Å². The number of halogens is 3. The van der Waals surface area contributed by atoms with Crippen LogP contribution in [0.4, 0.5) is 13.2 Å². The van der Waals surface area contributed by atoms with Gasteiger partial charge in [0.1, 0.15) is 5.75 Å². The Hall–Kier alpha value is -2.03. The Morgan fingerprint density at radius 1 is 1.29 bits per heavy atom. The maximum absolute atomic E-state index is 12.1. The van der Waals surface area contributed by atoms with E-state index in [0.29, 0.717) is 12.0 Å². The van der Waals surface area contributed by atoms with Crippen molar-refractivity contribution < 1.29 is 31.1 Å². The Bertz CT molecular complexity index is 726. The van der Waals surface area contributed by atoms with E-state index in [9.17, 15) is 26.4 Å². The number of nitrogens with zero attached hydrogens (tertiary/aromatic N) is 1. The van der Waals surface area contributed by atoms with Gasteiger partial charge in [0.05, 0.1) is 11.5 Å². The first-order chi connectivity index (χ1) is 11.1. The number of carbonyl (C=O) groups is 1. The first-order valence-corrected chi connectivity index (χ1v) is 8.89. The van der Waals surface area contributed by atoms with Crippen LogP contribution in [0.1, 0.15) is 12.0 Å². The predicted molar refractivity (Wildman–Crippen MR) is 82.0 cm³/mol. The quantitative estimate of drug-likeness (QED) is 0.770. The predicted octanol–water partition coefficient (Wildman–Crippen LogP) is 2.24. The zero-order valence-corrected chi connectivity index (χ0v) is 13.6. The molecular weight excluding hydrogens is 347 g/mol. The first-order valence-electron chi connectivity index (χ1n) is 7.07. The van der Waals surface area contributed by atoms with Gasteiger partial charge in [-0.2, -0.15) is 0 Å². The van der Waals surface area contributed by atoms with Gasteiger partial charge in [-0.15, -0.1) is 13.2 Å². The molecule has 1 aliphatic rings. The van der Waals surface area contributed by atoms with Crippen molar-refractivity contribution in [2.45, 2.75) is 18.8 Å². The summed E-state index contributed by atoms with van der Waals surface area (Å²) in [4.78, 5) is 13.4. The number of alkyl halides is 3. The van der Waals surface area contributed by atoms with Crippen LogP contribution in [0.15, 0.2) is 30.3 Å². The Labute approximate surface area is 137 Å². The molecule has 24 heavy (non-hydrogen) atoms. The van der Waals surface area contributed by atoms with Crippen molar-refractivity contribution in [3.8, 4) is 5.75 Å². The van der Waals surface area contributed by atoms with Gasteiger partial charge in [-0.25, -0.2) is 8.42 Å². The van der Waals surface area contributed by atoms with E-state index < -0.39 is 16.2 Å². The highest BCUT2D eigenvalue weighted by Crippen LogP contribution is 2.23. The van der Waals surface area contributed by atoms with Gasteiger partial charge in [0.2, 0.25) is 5.91 Å². The monoisotopic (exact) mass is 363 g/mol. The van der Waals surface area contributed by atoms with E-state index in [4.69, 9.17) is 0 Å². The summed E-state index contributed by atoms with van der Waals surface area (Å²) in [6, 6.07) is 4.70. The van der Waals surface area contributed by atoms with Gasteiger partial charge < -0.3 is 9.64 Å². The number of carbonyl (C=O) groups excluding carboxylic acids is 1. The maximum Gasteiger partial charge on any atom is 0.573 e. The fourth-order valence-corrected chi connectivity index (χ4v) is 4.10. The van der Waals surface area contributed by atoms with Crippen LogP contribution in [0.3, 0.4) is 0 Å². The smallest absolute Gasteiger partial charge is 0.406 e. The summed E-state index contributed by atoms with van der Waals surface area (Å²) in [7, 11) is -1.56. The molecule has 132 valence electrons. The second-order valence-corrected chi connectivity index (χ2v) is 7.68. The summed E-state index contributed by atoms with van der Waals surface area (Å²) in [6.45, 7) is 0. The molecule has 1 aliphatic heterocycles. The zero-order valence-electron chi connectivity index (χ0n) is 12.8. The molecule has 1 saturated heterocycles. The molecule has 0 spiro atoms. The van der Waals surface area contributed by atoms with E-state index in [0.717, 1.165) is 12.1 Å². The van der Waals surface area contributed by atoms with E-state index in [1.54, 1.807) is 0 Å². The van der Waals surface area contributed by atoms with Gasteiger partial charge in [0, 0.05) is 19.2 Å². The molecule has 1 heterocycles. The average Bonchev–Trinajstić information content (AvgIpc) is 2.84. The van der Waals surface area contributed by atoms with Crippen molar-refractivity contribution >= 4 is 21.8 Å².